The van der Waals surface area contributed by atoms with Crippen molar-refractivity contribution in [3.63, 3.8) is 0 Å². The van der Waals surface area contributed by atoms with Gasteiger partial charge in [0.05, 0.1) is 17.3 Å². The third-order valence-corrected chi connectivity index (χ3v) is 5.10. The molecule has 0 atom stereocenters. The van der Waals surface area contributed by atoms with Gasteiger partial charge in [0.25, 0.3) is 5.91 Å². The molecule has 0 unspecified atom stereocenters. The number of rotatable bonds is 4. The van der Waals surface area contributed by atoms with Gasteiger partial charge in [0.15, 0.2) is 4.80 Å². The topological polar surface area (TPSA) is 98.0 Å². The van der Waals surface area contributed by atoms with Gasteiger partial charge >= 0.3 is 5.97 Å². The maximum Gasteiger partial charge on any atom is 0.325 e. The highest BCUT2D eigenvalue weighted by atomic mass is 35.5. The molecular weight excluding hydrogens is 382 g/mol. The average Bonchev–Trinajstić information content (AvgIpc) is 3.08. The molecule has 0 spiro atoms. The highest BCUT2D eigenvalue weighted by molar-refractivity contribution is 7.16. The Morgan fingerprint density at radius 3 is 2.58 bits per heavy atom. The molecule has 1 fully saturated rings. The summed E-state index contributed by atoms with van der Waals surface area (Å²) in [4.78, 5) is 52.4. The summed E-state index contributed by atoms with van der Waals surface area (Å²) in [5.41, 5.74) is 0.671. The molecular formula is C16H14ClN3O5S. The van der Waals surface area contributed by atoms with Gasteiger partial charge in [0.1, 0.15) is 13.1 Å². The van der Waals surface area contributed by atoms with Crippen molar-refractivity contribution in [2.75, 3.05) is 13.7 Å². The number of esters is 1. The molecule has 0 saturated carbocycles. The van der Waals surface area contributed by atoms with Crippen LogP contribution in [0.3, 0.4) is 0 Å². The molecule has 1 aliphatic heterocycles. The zero-order chi connectivity index (χ0) is 18.8. The van der Waals surface area contributed by atoms with E-state index in [2.05, 4.69) is 9.73 Å². The maximum atomic E-state index is 12.2. The van der Waals surface area contributed by atoms with Gasteiger partial charge in [-0.05, 0) is 18.2 Å². The van der Waals surface area contributed by atoms with Crippen LogP contribution in [0.5, 0.6) is 0 Å². The number of benzene rings is 1. The number of halogens is 1. The molecule has 0 radical (unpaired) electrons. The van der Waals surface area contributed by atoms with Crippen LogP contribution in [0.4, 0.5) is 0 Å². The Morgan fingerprint density at radius 1 is 1.23 bits per heavy atom. The summed E-state index contributed by atoms with van der Waals surface area (Å²) in [6, 6.07) is 5.08. The minimum absolute atomic E-state index is 0.107. The van der Waals surface area contributed by atoms with Crippen LogP contribution in [-0.2, 0) is 30.5 Å². The molecule has 136 valence electrons. The van der Waals surface area contributed by atoms with E-state index in [-0.39, 0.29) is 36.0 Å². The number of thiazole rings is 1. The predicted molar refractivity (Wildman–Crippen MR) is 93.4 cm³/mol. The lowest BCUT2D eigenvalue weighted by atomic mass is 10.3. The smallest absolute Gasteiger partial charge is 0.325 e. The zero-order valence-electron chi connectivity index (χ0n) is 13.7. The third kappa shape index (κ3) is 3.68. The van der Waals surface area contributed by atoms with Crippen molar-refractivity contribution in [2.24, 2.45) is 4.99 Å². The molecule has 10 heteroatoms. The fourth-order valence-corrected chi connectivity index (χ4v) is 3.88. The van der Waals surface area contributed by atoms with Gasteiger partial charge in [-0.15, -0.1) is 0 Å². The zero-order valence-corrected chi connectivity index (χ0v) is 15.3. The molecule has 1 saturated heterocycles. The Balaban J connectivity index is 1.99. The molecule has 2 aromatic rings. The van der Waals surface area contributed by atoms with Gasteiger partial charge in [-0.25, -0.2) is 0 Å². The summed E-state index contributed by atoms with van der Waals surface area (Å²) in [6.07, 6.45) is 0.214. The molecule has 1 aromatic carbocycles. The van der Waals surface area contributed by atoms with Crippen molar-refractivity contribution >= 4 is 56.8 Å². The minimum Gasteiger partial charge on any atom is -0.468 e. The number of aromatic nitrogens is 1. The Kier molecular flexibility index (Phi) is 5.19. The van der Waals surface area contributed by atoms with Crippen molar-refractivity contribution < 1.29 is 23.9 Å². The van der Waals surface area contributed by atoms with Crippen LogP contribution in [0.25, 0.3) is 10.2 Å². The van der Waals surface area contributed by atoms with Crippen molar-refractivity contribution in [2.45, 2.75) is 19.4 Å². The first-order chi connectivity index (χ1) is 12.4. The lowest BCUT2D eigenvalue weighted by molar-refractivity contribution is -0.142. The molecule has 0 N–H and O–H groups in total. The number of amides is 3. The number of ether oxygens (including phenoxy) is 1. The third-order valence-electron chi connectivity index (χ3n) is 3.83. The number of hydrogen-bond donors (Lipinski definition) is 0. The van der Waals surface area contributed by atoms with Crippen molar-refractivity contribution in [1.29, 1.82) is 0 Å². The number of fused-ring (bicyclic) bond motifs is 1. The molecule has 3 amide bonds. The molecule has 2 heterocycles. The summed E-state index contributed by atoms with van der Waals surface area (Å²) in [5, 5.41) is 0.509. The van der Waals surface area contributed by atoms with Gasteiger partial charge in [-0.2, -0.15) is 4.99 Å². The summed E-state index contributed by atoms with van der Waals surface area (Å²) in [6.45, 7) is -0.545. The predicted octanol–water partition coefficient (Wildman–Crippen LogP) is 1.11. The number of nitrogens with zero attached hydrogens (tertiary/aromatic N) is 3. The van der Waals surface area contributed by atoms with Crippen molar-refractivity contribution in [1.82, 2.24) is 9.47 Å². The number of likely N-dealkylation sites (tertiary alicyclic amines) is 1. The first kappa shape index (κ1) is 18.3. The van der Waals surface area contributed by atoms with Crippen LogP contribution >= 0.6 is 22.9 Å². The van der Waals surface area contributed by atoms with Crippen LogP contribution in [0.2, 0.25) is 5.02 Å². The number of hydrogen-bond acceptors (Lipinski definition) is 6. The lowest BCUT2D eigenvalue weighted by Gasteiger charge is -2.10. The van der Waals surface area contributed by atoms with Crippen LogP contribution in [0.1, 0.15) is 12.8 Å². The second-order valence-corrected chi connectivity index (χ2v) is 6.98. The van der Waals surface area contributed by atoms with Crippen molar-refractivity contribution in [3.8, 4) is 0 Å². The maximum absolute atomic E-state index is 12.2. The van der Waals surface area contributed by atoms with Crippen LogP contribution < -0.4 is 4.80 Å². The van der Waals surface area contributed by atoms with Gasteiger partial charge in [-0.3, -0.25) is 24.1 Å². The standard InChI is InChI=1S/C16H14ClN3O5S/c1-25-15(24)8-19-10-3-2-9(17)6-11(10)26-16(19)18-12(21)7-20-13(22)4-5-14(20)23/h2-3,6H,4-5,7-8H2,1H3. The monoisotopic (exact) mass is 395 g/mol. The molecule has 0 bridgehead atoms. The fraction of sp³-hybridized carbons (Fsp3) is 0.312. The molecule has 26 heavy (non-hydrogen) atoms. The second-order valence-electron chi connectivity index (χ2n) is 5.54. The van der Waals surface area contributed by atoms with Crippen LogP contribution in [0.15, 0.2) is 23.2 Å². The highest BCUT2D eigenvalue weighted by Gasteiger charge is 2.30. The molecule has 0 aliphatic carbocycles. The van der Waals surface area contributed by atoms with E-state index in [0.29, 0.717) is 10.5 Å². The van der Waals surface area contributed by atoms with Gasteiger partial charge in [0, 0.05) is 17.9 Å². The number of carbonyl (C=O) groups excluding carboxylic acids is 4. The highest BCUT2D eigenvalue weighted by Crippen LogP contribution is 2.22. The summed E-state index contributed by atoms with van der Waals surface area (Å²) in [5.74, 6) is -1.92. The van der Waals surface area contributed by atoms with Crippen molar-refractivity contribution in [3.05, 3.63) is 28.0 Å². The average molecular weight is 396 g/mol. The summed E-state index contributed by atoms with van der Waals surface area (Å²) < 4.78 is 6.96. The van der Waals surface area contributed by atoms with Crippen LogP contribution in [0, 0.1) is 0 Å². The lowest BCUT2D eigenvalue weighted by Crippen LogP contribution is -2.34. The number of imide groups is 1. The van der Waals surface area contributed by atoms with Gasteiger partial charge < -0.3 is 9.30 Å². The number of carbonyl (C=O) groups is 4. The first-order valence-corrected chi connectivity index (χ1v) is 8.85. The Labute approximate surface area is 156 Å². The van der Waals surface area contributed by atoms with E-state index in [4.69, 9.17) is 11.6 Å². The van der Waals surface area contributed by atoms with E-state index in [0.717, 1.165) is 9.60 Å². The van der Waals surface area contributed by atoms with E-state index in [1.54, 1.807) is 18.2 Å². The quantitative estimate of drug-likeness (QED) is 0.570. The van der Waals surface area contributed by atoms with E-state index in [9.17, 15) is 19.2 Å². The van der Waals surface area contributed by atoms with E-state index >= 15 is 0 Å². The van der Waals surface area contributed by atoms with Gasteiger partial charge in [-0.1, -0.05) is 22.9 Å². The Bertz CT molecular complexity index is 977. The Hall–Kier alpha value is -2.52. The SMILES string of the molecule is COC(=O)Cn1c(=NC(=O)CN2C(=O)CCC2=O)sc2cc(Cl)ccc21. The normalized spacial score (nSPS) is 15.2. The molecule has 1 aromatic heterocycles. The Morgan fingerprint density at radius 2 is 1.92 bits per heavy atom. The largest absolute Gasteiger partial charge is 0.468 e. The summed E-state index contributed by atoms with van der Waals surface area (Å²) >= 11 is 7.16. The second kappa shape index (κ2) is 7.38. The van der Waals surface area contributed by atoms with E-state index in [1.165, 1.54) is 23.0 Å². The first-order valence-electron chi connectivity index (χ1n) is 7.65. The van der Waals surface area contributed by atoms with Gasteiger partial charge in [0.2, 0.25) is 11.8 Å². The fourth-order valence-electron chi connectivity index (χ4n) is 2.56. The van der Waals surface area contributed by atoms with Crippen LogP contribution in [-0.4, -0.2) is 46.8 Å². The molecule has 1 aliphatic rings. The summed E-state index contributed by atoms with van der Waals surface area (Å²) in [7, 11) is 1.26. The minimum atomic E-state index is -0.648. The van der Waals surface area contributed by atoms with E-state index < -0.39 is 18.4 Å². The molecule has 3 rings (SSSR count). The van der Waals surface area contributed by atoms with E-state index in [1.807, 2.05) is 0 Å². The molecule has 8 nitrogen and oxygen atoms in total. The number of methoxy groups -OCH3 is 1.